The van der Waals surface area contributed by atoms with Gasteiger partial charge in [0.05, 0.1) is 12.5 Å². The zero-order valence-corrected chi connectivity index (χ0v) is 9.03. The summed E-state index contributed by atoms with van der Waals surface area (Å²) in [5.41, 5.74) is 0. The molecular weight excluding hydrogens is 198 g/mol. The van der Waals surface area contributed by atoms with E-state index in [-0.39, 0.29) is 24.3 Å². The summed E-state index contributed by atoms with van der Waals surface area (Å²) >= 11 is 0. The summed E-state index contributed by atoms with van der Waals surface area (Å²) in [5, 5.41) is 11.4. The van der Waals surface area contributed by atoms with Gasteiger partial charge in [-0.1, -0.05) is 0 Å². The molecular formula is C10H17NO4. The third-order valence-electron chi connectivity index (χ3n) is 2.55. The molecule has 5 nitrogen and oxygen atoms in total. The number of hydrogen-bond donors (Lipinski definition) is 2. The van der Waals surface area contributed by atoms with E-state index >= 15 is 0 Å². The van der Waals surface area contributed by atoms with Crippen molar-refractivity contribution in [1.82, 2.24) is 5.32 Å². The maximum absolute atomic E-state index is 11.4. The lowest BCUT2D eigenvalue weighted by Gasteiger charge is -2.15. The van der Waals surface area contributed by atoms with Gasteiger partial charge in [-0.05, 0) is 25.7 Å². The monoisotopic (exact) mass is 215 g/mol. The Morgan fingerprint density at radius 1 is 1.53 bits per heavy atom. The molecule has 2 unspecified atom stereocenters. The van der Waals surface area contributed by atoms with Crippen molar-refractivity contribution in [3.05, 3.63) is 0 Å². The SMILES string of the molecule is COC(C)CC(=O)NC(C(=O)O)C1CC1. The van der Waals surface area contributed by atoms with Crippen LogP contribution >= 0.6 is 0 Å². The number of carbonyl (C=O) groups excluding carboxylic acids is 1. The summed E-state index contributed by atoms with van der Waals surface area (Å²) in [6, 6.07) is -0.721. The average molecular weight is 215 g/mol. The van der Waals surface area contributed by atoms with Crippen LogP contribution in [-0.2, 0) is 14.3 Å². The molecule has 2 N–H and O–H groups in total. The summed E-state index contributed by atoms with van der Waals surface area (Å²) in [7, 11) is 1.52. The van der Waals surface area contributed by atoms with Crippen LogP contribution in [0.15, 0.2) is 0 Å². The van der Waals surface area contributed by atoms with Gasteiger partial charge in [-0.25, -0.2) is 4.79 Å². The number of hydrogen-bond acceptors (Lipinski definition) is 3. The standard InChI is InChI=1S/C10H17NO4/c1-6(15-2)5-8(12)11-9(10(13)14)7-3-4-7/h6-7,9H,3-5H2,1-2H3,(H,11,12)(H,13,14). The maximum atomic E-state index is 11.4. The molecule has 0 radical (unpaired) electrons. The number of carbonyl (C=O) groups is 2. The number of rotatable bonds is 6. The second-order valence-corrected chi connectivity index (χ2v) is 3.97. The smallest absolute Gasteiger partial charge is 0.326 e. The van der Waals surface area contributed by atoms with Crippen molar-refractivity contribution in [3.63, 3.8) is 0 Å². The maximum Gasteiger partial charge on any atom is 0.326 e. The van der Waals surface area contributed by atoms with E-state index < -0.39 is 12.0 Å². The van der Waals surface area contributed by atoms with E-state index in [1.54, 1.807) is 6.92 Å². The van der Waals surface area contributed by atoms with Gasteiger partial charge < -0.3 is 15.2 Å². The van der Waals surface area contributed by atoms with Crippen LogP contribution in [-0.4, -0.2) is 36.2 Å². The number of amides is 1. The van der Waals surface area contributed by atoms with Crippen molar-refractivity contribution in [2.45, 2.75) is 38.3 Å². The second-order valence-electron chi connectivity index (χ2n) is 3.97. The summed E-state index contributed by atoms with van der Waals surface area (Å²) < 4.78 is 4.93. The first-order valence-electron chi connectivity index (χ1n) is 5.09. The van der Waals surface area contributed by atoms with Gasteiger partial charge >= 0.3 is 5.97 Å². The first-order valence-corrected chi connectivity index (χ1v) is 5.09. The zero-order chi connectivity index (χ0) is 11.4. The van der Waals surface area contributed by atoms with Crippen molar-refractivity contribution < 1.29 is 19.4 Å². The molecule has 0 bridgehead atoms. The molecule has 0 aromatic heterocycles. The summed E-state index contributed by atoms with van der Waals surface area (Å²) in [6.07, 6.45) is 1.79. The molecule has 0 aromatic rings. The van der Waals surface area contributed by atoms with Crippen LogP contribution in [0.3, 0.4) is 0 Å². The lowest BCUT2D eigenvalue weighted by molar-refractivity contribution is -0.142. The predicted octanol–water partition coefficient (Wildman–Crippen LogP) is 0.391. The quantitative estimate of drug-likeness (QED) is 0.672. The molecule has 0 heterocycles. The van der Waals surface area contributed by atoms with Crippen LogP contribution in [0.4, 0.5) is 0 Å². The van der Waals surface area contributed by atoms with E-state index in [4.69, 9.17) is 9.84 Å². The van der Waals surface area contributed by atoms with Crippen LogP contribution in [0, 0.1) is 5.92 Å². The number of carboxylic acid groups (broad SMARTS) is 1. The topological polar surface area (TPSA) is 75.6 Å². The minimum Gasteiger partial charge on any atom is -0.480 e. The number of methoxy groups -OCH3 is 1. The van der Waals surface area contributed by atoms with E-state index in [0.717, 1.165) is 12.8 Å². The molecule has 0 spiro atoms. The highest BCUT2D eigenvalue weighted by atomic mass is 16.5. The predicted molar refractivity (Wildman–Crippen MR) is 53.4 cm³/mol. The minimum atomic E-state index is -0.948. The molecule has 1 saturated carbocycles. The van der Waals surface area contributed by atoms with E-state index in [0.29, 0.717) is 0 Å². The fraction of sp³-hybridized carbons (Fsp3) is 0.800. The Balaban J connectivity index is 2.37. The highest BCUT2D eigenvalue weighted by Gasteiger charge is 2.37. The van der Waals surface area contributed by atoms with Crippen molar-refractivity contribution in [3.8, 4) is 0 Å². The Morgan fingerprint density at radius 2 is 2.13 bits per heavy atom. The van der Waals surface area contributed by atoms with Crippen LogP contribution in [0.1, 0.15) is 26.2 Å². The van der Waals surface area contributed by atoms with Crippen LogP contribution in [0.25, 0.3) is 0 Å². The first kappa shape index (κ1) is 12.0. The molecule has 5 heteroatoms. The number of carboxylic acids is 1. The van der Waals surface area contributed by atoms with Crippen molar-refractivity contribution in [2.75, 3.05) is 7.11 Å². The van der Waals surface area contributed by atoms with E-state index in [9.17, 15) is 9.59 Å². The molecule has 1 amide bonds. The number of nitrogens with one attached hydrogen (secondary N) is 1. The van der Waals surface area contributed by atoms with Gasteiger partial charge in [0.1, 0.15) is 6.04 Å². The van der Waals surface area contributed by atoms with Crippen molar-refractivity contribution in [1.29, 1.82) is 0 Å². The van der Waals surface area contributed by atoms with Gasteiger partial charge in [0.2, 0.25) is 5.91 Å². The zero-order valence-electron chi connectivity index (χ0n) is 9.03. The van der Waals surface area contributed by atoms with Gasteiger partial charge in [0.15, 0.2) is 0 Å². The normalized spacial score (nSPS) is 19.3. The third kappa shape index (κ3) is 3.87. The Labute approximate surface area is 88.8 Å². The van der Waals surface area contributed by atoms with Crippen LogP contribution in [0.2, 0.25) is 0 Å². The molecule has 2 atom stereocenters. The highest BCUT2D eigenvalue weighted by molar-refractivity contribution is 5.84. The summed E-state index contributed by atoms with van der Waals surface area (Å²) in [5.74, 6) is -1.09. The Bertz CT molecular complexity index is 250. The van der Waals surface area contributed by atoms with Crippen molar-refractivity contribution in [2.24, 2.45) is 5.92 Å². The first-order chi connectivity index (χ1) is 7.04. The van der Waals surface area contributed by atoms with Gasteiger partial charge in [0.25, 0.3) is 0 Å². The fourth-order valence-electron chi connectivity index (χ4n) is 1.39. The average Bonchev–Trinajstić information content (AvgIpc) is 2.96. The minimum absolute atomic E-state index is 0.115. The highest BCUT2D eigenvalue weighted by Crippen LogP contribution is 2.32. The molecule has 86 valence electrons. The van der Waals surface area contributed by atoms with Crippen LogP contribution in [0.5, 0.6) is 0 Å². The van der Waals surface area contributed by atoms with Crippen molar-refractivity contribution >= 4 is 11.9 Å². The molecule has 1 rings (SSSR count). The second kappa shape index (κ2) is 5.11. The Morgan fingerprint density at radius 3 is 2.53 bits per heavy atom. The molecule has 0 aliphatic heterocycles. The molecule has 0 aromatic carbocycles. The molecule has 0 saturated heterocycles. The van der Waals surface area contributed by atoms with E-state index in [1.165, 1.54) is 7.11 Å². The fourth-order valence-corrected chi connectivity index (χ4v) is 1.39. The molecule has 1 aliphatic carbocycles. The molecule has 1 fully saturated rings. The van der Waals surface area contributed by atoms with Gasteiger partial charge in [0, 0.05) is 7.11 Å². The third-order valence-corrected chi connectivity index (χ3v) is 2.55. The van der Waals surface area contributed by atoms with E-state index in [2.05, 4.69) is 5.32 Å². The lowest BCUT2D eigenvalue weighted by Crippen LogP contribution is -2.43. The number of aliphatic carboxylic acids is 1. The molecule has 1 aliphatic rings. The summed E-state index contributed by atoms with van der Waals surface area (Å²) in [4.78, 5) is 22.2. The van der Waals surface area contributed by atoms with Crippen LogP contribution < -0.4 is 5.32 Å². The van der Waals surface area contributed by atoms with E-state index in [1.807, 2.05) is 0 Å². The lowest BCUT2D eigenvalue weighted by atomic mass is 10.1. The van der Waals surface area contributed by atoms with Gasteiger partial charge in [-0.3, -0.25) is 4.79 Å². The largest absolute Gasteiger partial charge is 0.480 e. The Hall–Kier alpha value is -1.10. The summed E-state index contributed by atoms with van der Waals surface area (Å²) in [6.45, 7) is 1.77. The number of ether oxygens (including phenoxy) is 1. The molecule has 15 heavy (non-hydrogen) atoms. The van der Waals surface area contributed by atoms with Gasteiger partial charge in [-0.2, -0.15) is 0 Å². The van der Waals surface area contributed by atoms with Gasteiger partial charge in [-0.15, -0.1) is 0 Å². The Kier molecular flexibility index (Phi) is 4.08.